The molecule has 2 aliphatic rings. The van der Waals surface area contributed by atoms with Gasteiger partial charge in [-0.2, -0.15) is 5.26 Å². The van der Waals surface area contributed by atoms with Gasteiger partial charge in [0.05, 0.1) is 12.2 Å². The zero-order valence-corrected chi connectivity index (χ0v) is 12.0. The smallest absolute Gasteiger partial charge is 0.240 e. The van der Waals surface area contributed by atoms with Gasteiger partial charge in [-0.15, -0.1) is 0 Å². The van der Waals surface area contributed by atoms with Crippen LogP contribution in [0.2, 0.25) is 0 Å². The Labute approximate surface area is 125 Å². The van der Waals surface area contributed by atoms with Gasteiger partial charge in [0.25, 0.3) is 0 Å². The molecule has 1 saturated carbocycles. The molecule has 1 saturated heterocycles. The van der Waals surface area contributed by atoms with Gasteiger partial charge in [-0.25, -0.2) is 0 Å². The number of aliphatic hydroxyl groups is 1. The van der Waals surface area contributed by atoms with E-state index < -0.39 is 5.92 Å². The highest BCUT2D eigenvalue weighted by molar-refractivity contribution is 5.82. The average molecular weight is 284 g/mol. The Bertz CT molecular complexity index is 552. The molecule has 1 aromatic carbocycles. The molecule has 0 spiro atoms. The van der Waals surface area contributed by atoms with Crippen LogP contribution in [0.1, 0.15) is 18.4 Å². The molecular formula is C17H20N2O2. The molecule has 0 aromatic heterocycles. The van der Waals surface area contributed by atoms with E-state index in [1.54, 1.807) is 4.90 Å². The van der Waals surface area contributed by atoms with Gasteiger partial charge in [-0.05, 0) is 30.7 Å². The maximum atomic E-state index is 12.5. The molecule has 2 fully saturated rings. The normalized spacial score (nSPS) is 29.0. The number of fused-ring (bicyclic) bond motifs is 1. The number of likely N-dealkylation sites (tertiary alicyclic amines) is 1. The quantitative estimate of drug-likeness (QED) is 0.917. The van der Waals surface area contributed by atoms with Crippen molar-refractivity contribution in [2.24, 2.45) is 17.8 Å². The number of aliphatic hydroxyl groups excluding tert-OH is 1. The molecule has 0 radical (unpaired) electrons. The average Bonchev–Trinajstić information content (AvgIpc) is 3.08. The molecule has 1 N–H and O–H groups in total. The van der Waals surface area contributed by atoms with E-state index in [-0.39, 0.29) is 17.9 Å². The van der Waals surface area contributed by atoms with Crippen molar-refractivity contribution >= 4 is 5.91 Å². The van der Waals surface area contributed by atoms with Crippen molar-refractivity contribution in [2.45, 2.75) is 25.4 Å². The minimum atomic E-state index is -0.622. The highest BCUT2D eigenvalue weighted by Gasteiger charge is 2.44. The van der Waals surface area contributed by atoms with Crippen molar-refractivity contribution in [3.63, 3.8) is 0 Å². The highest BCUT2D eigenvalue weighted by Crippen LogP contribution is 2.38. The summed E-state index contributed by atoms with van der Waals surface area (Å²) < 4.78 is 0. The number of hydrogen-bond acceptors (Lipinski definition) is 3. The molecule has 1 amide bonds. The number of nitrogens with zero attached hydrogens (tertiary/aromatic N) is 2. The fraction of sp³-hybridized carbons (Fsp3) is 0.529. The summed E-state index contributed by atoms with van der Waals surface area (Å²) in [5.74, 6) is -0.0728. The summed E-state index contributed by atoms with van der Waals surface area (Å²) in [5, 5.41) is 19.3. The standard InChI is InChI=1S/C17H20N2O2/c18-9-14(8-12-4-2-1-3-5-12)17(21)19-10-13-6-7-16(20)15(13)11-19/h1-5,13-16,20H,6-8,10-11H2. The number of nitriles is 1. The maximum absolute atomic E-state index is 12.5. The predicted molar refractivity (Wildman–Crippen MR) is 78.0 cm³/mol. The Morgan fingerprint density at radius 2 is 2.10 bits per heavy atom. The second-order valence-electron chi connectivity index (χ2n) is 6.18. The van der Waals surface area contributed by atoms with E-state index in [4.69, 9.17) is 0 Å². The minimum absolute atomic E-state index is 0.0806. The summed E-state index contributed by atoms with van der Waals surface area (Å²) in [6.45, 7) is 1.31. The van der Waals surface area contributed by atoms with Crippen LogP contribution >= 0.6 is 0 Å². The van der Waals surface area contributed by atoms with Crippen LogP contribution in [-0.2, 0) is 11.2 Å². The van der Waals surface area contributed by atoms with Crippen molar-refractivity contribution in [3.8, 4) is 6.07 Å². The fourth-order valence-electron chi connectivity index (χ4n) is 3.67. The molecular weight excluding hydrogens is 264 g/mol. The van der Waals surface area contributed by atoms with Crippen molar-refractivity contribution < 1.29 is 9.90 Å². The second kappa shape index (κ2) is 5.87. The van der Waals surface area contributed by atoms with Gasteiger partial charge in [0, 0.05) is 19.0 Å². The first kappa shape index (κ1) is 14.1. The zero-order valence-electron chi connectivity index (χ0n) is 12.0. The number of amides is 1. The van der Waals surface area contributed by atoms with Crippen LogP contribution in [0.5, 0.6) is 0 Å². The summed E-state index contributed by atoms with van der Waals surface area (Å²) in [6.07, 6.45) is 2.03. The van der Waals surface area contributed by atoms with Crippen molar-refractivity contribution in [1.29, 1.82) is 5.26 Å². The van der Waals surface area contributed by atoms with Crippen LogP contribution in [0.25, 0.3) is 0 Å². The van der Waals surface area contributed by atoms with Gasteiger partial charge >= 0.3 is 0 Å². The number of carbonyl (C=O) groups excluding carboxylic acids is 1. The van der Waals surface area contributed by atoms with Gasteiger partial charge in [0.2, 0.25) is 5.91 Å². The Balaban J connectivity index is 1.65. The lowest BCUT2D eigenvalue weighted by Gasteiger charge is -2.21. The first-order valence-electron chi connectivity index (χ1n) is 7.59. The third kappa shape index (κ3) is 2.79. The number of hydrogen-bond donors (Lipinski definition) is 1. The van der Waals surface area contributed by atoms with Gasteiger partial charge in [0.15, 0.2) is 0 Å². The lowest BCUT2D eigenvalue weighted by molar-refractivity contribution is -0.133. The first-order valence-corrected chi connectivity index (χ1v) is 7.59. The van der Waals surface area contributed by atoms with Crippen LogP contribution in [0, 0.1) is 29.1 Å². The molecule has 4 unspecified atom stereocenters. The third-order valence-corrected chi connectivity index (χ3v) is 4.87. The molecule has 1 aliphatic carbocycles. The Kier molecular flexibility index (Phi) is 3.94. The summed E-state index contributed by atoms with van der Waals surface area (Å²) in [7, 11) is 0. The van der Waals surface area contributed by atoms with Gasteiger partial charge in [-0.1, -0.05) is 30.3 Å². The predicted octanol–water partition coefficient (Wildman–Crippen LogP) is 1.60. The van der Waals surface area contributed by atoms with E-state index >= 15 is 0 Å². The summed E-state index contributed by atoms with van der Waals surface area (Å²) in [5.41, 5.74) is 1.01. The number of rotatable bonds is 3. The molecule has 4 heteroatoms. The van der Waals surface area contributed by atoms with E-state index in [2.05, 4.69) is 6.07 Å². The molecule has 1 aromatic rings. The van der Waals surface area contributed by atoms with Crippen molar-refractivity contribution in [1.82, 2.24) is 4.90 Å². The number of benzene rings is 1. The molecule has 110 valence electrons. The molecule has 0 bridgehead atoms. The molecule has 4 nitrogen and oxygen atoms in total. The van der Waals surface area contributed by atoms with E-state index in [9.17, 15) is 15.2 Å². The summed E-state index contributed by atoms with van der Waals surface area (Å²) in [6, 6.07) is 11.8. The molecule has 21 heavy (non-hydrogen) atoms. The van der Waals surface area contributed by atoms with Crippen LogP contribution in [-0.4, -0.2) is 35.1 Å². The van der Waals surface area contributed by atoms with Crippen LogP contribution in [0.3, 0.4) is 0 Å². The second-order valence-corrected chi connectivity index (χ2v) is 6.18. The Morgan fingerprint density at radius 3 is 2.76 bits per heavy atom. The van der Waals surface area contributed by atoms with E-state index in [1.165, 1.54) is 0 Å². The highest BCUT2D eigenvalue weighted by atomic mass is 16.3. The largest absolute Gasteiger partial charge is 0.393 e. The van der Waals surface area contributed by atoms with E-state index in [0.717, 1.165) is 18.4 Å². The van der Waals surface area contributed by atoms with Gasteiger partial charge in [-0.3, -0.25) is 4.79 Å². The fourth-order valence-corrected chi connectivity index (χ4v) is 3.67. The van der Waals surface area contributed by atoms with Crippen LogP contribution < -0.4 is 0 Å². The summed E-state index contributed by atoms with van der Waals surface area (Å²) in [4.78, 5) is 14.3. The third-order valence-electron chi connectivity index (χ3n) is 4.87. The Morgan fingerprint density at radius 1 is 1.33 bits per heavy atom. The van der Waals surface area contributed by atoms with Crippen molar-refractivity contribution in [2.75, 3.05) is 13.1 Å². The molecule has 3 rings (SSSR count). The first-order chi connectivity index (χ1) is 10.2. The van der Waals surface area contributed by atoms with Crippen molar-refractivity contribution in [3.05, 3.63) is 35.9 Å². The minimum Gasteiger partial charge on any atom is -0.393 e. The monoisotopic (exact) mass is 284 g/mol. The van der Waals surface area contributed by atoms with E-state index in [1.807, 2.05) is 30.3 Å². The van der Waals surface area contributed by atoms with E-state index in [0.29, 0.717) is 25.4 Å². The van der Waals surface area contributed by atoms with Crippen LogP contribution in [0.4, 0.5) is 0 Å². The maximum Gasteiger partial charge on any atom is 0.240 e. The molecule has 1 aliphatic heterocycles. The zero-order chi connectivity index (χ0) is 14.8. The van der Waals surface area contributed by atoms with Crippen LogP contribution in [0.15, 0.2) is 30.3 Å². The van der Waals surface area contributed by atoms with Gasteiger partial charge < -0.3 is 10.0 Å². The SMILES string of the molecule is N#CC(Cc1ccccc1)C(=O)N1CC2CCC(O)C2C1. The lowest BCUT2D eigenvalue weighted by atomic mass is 9.99. The Hall–Kier alpha value is -1.86. The molecule has 4 atom stereocenters. The topological polar surface area (TPSA) is 64.3 Å². The molecule has 1 heterocycles. The lowest BCUT2D eigenvalue weighted by Crippen LogP contribution is -2.36. The summed E-state index contributed by atoms with van der Waals surface area (Å²) >= 11 is 0. The number of carbonyl (C=O) groups is 1. The van der Waals surface area contributed by atoms with Gasteiger partial charge in [0.1, 0.15) is 5.92 Å².